The lowest BCUT2D eigenvalue weighted by Crippen LogP contribution is -2.20. The largest absolute Gasteiger partial charge is 0.280 e. The van der Waals surface area contributed by atoms with Crippen molar-refractivity contribution in [1.29, 1.82) is 0 Å². The van der Waals surface area contributed by atoms with Crippen molar-refractivity contribution >= 4 is 0 Å². The molecule has 0 aromatic heterocycles. The van der Waals surface area contributed by atoms with E-state index >= 15 is 0 Å². The van der Waals surface area contributed by atoms with Crippen LogP contribution in [0, 0.1) is 0 Å². The Hall–Kier alpha value is -0.240. The fourth-order valence-electron chi connectivity index (χ4n) is 0.195. The van der Waals surface area contributed by atoms with Crippen LogP contribution >= 0.6 is 0 Å². The van der Waals surface area contributed by atoms with E-state index in [-0.39, 0.29) is 6.79 Å². The SMILES string of the molecule is CONOCONOC. The maximum atomic E-state index is 4.45. The van der Waals surface area contributed by atoms with Gasteiger partial charge in [-0.05, 0) is 0 Å². The summed E-state index contributed by atoms with van der Waals surface area (Å²) >= 11 is 0. The van der Waals surface area contributed by atoms with Gasteiger partial charge in [0.1, 0.15) is 0 Å². The zero-order valence-electron chi connectivity index (χ0n) is 5.34. The second-order valence-electron chi connectivity index (χ2n) is 0.981. The van der Waals surface area contributed by atoms with Crippen LogP contribution < -0.4 is 11.3 Å². The second-order valence-corrected chi connectivity index (χ2v) is 0.981. The van der Waals surface area contributed by atoms with E-state index in [1.807, 2.05) is 0 Å². The Labute approximate surface area is 52.8 Å². The van der Waals surface area contributed by atoms with E-state index < -0.39 is 0 Å². The highest BCUT2D eigenvalue weighted by Crippen LogP contribution is 1.66. The molecule has 0 radical (unpaired) electrons. The minimum Gasteiger partial charge on any atom is -0.280 e. The molecule has 0 amide bonds. The molecule has 0 aliphatic heterocycles. The summed E-state index contributed by atoms with van der Waals surface area (Å²) in [6, 6.07) is 0. The first kappa shape index (κ1) is 8.76. The zero-order chi connectivity index (χ0) is 6.95. The molecule has 0 atom stereocenters. The maximum absolute atomic E-state index is 4.45. The summed E-state index contributed by atoms with van der Waals surface area (Å²) in [6.45, 7) is -0.0122. The van der Waals surface area contributed by atoms with Crippen molar-refractivity contribution in [2.45, 2.75) is 0 Å². The van der Waals surface area contributed by atoms with Gasteiger partial charge in [-0.3, -0.25) is 9.68 Å². The minimum absolute atomic E-state index is 0.0122. The highest BCUT2D eigenvalue weighted by atomic mass is 17.0. The first-order valence-electron chi connectivity index (χ1n) is 2.21. The molecule has 0 heterocycles. The highest BCUT2D eigenvalue weighted by Gasteiger charge is 1.81. The lowest BCUT2D eigenvalue weighted by Gasteiger charge is -2.02. The van der Waals surface area contributed by atoms with Gasteiger partial charge in [0, 0.05) is 0 Å². The Morgan fingerprint density at radius 2 is 1.44 bits per heavy atom. The van der Waals surface area contributed by atoms with Crippen molar-refractivity contribution < 1.29 is 19.4 Å². The van der Waals surface area contributed by atoms with E-state index in [4.69, 9.17) is 0 Å². The van der Waals surface area contributed by atoms with Crippen LogP contribution in [-0.4, -0.2) is 21.0 Å². The first-order chi connectivity index (χ1) is 4.41. The van der Waals surface area contributed by atoms with E-state index in [1.54, 1.807) is 0 Å². The quantitative estimate of drug-likeness (QED) is 0.282. The van der Waals surface area contributed by atoms with Crippen molar-refractivity contribution in [3.05, 3.63) is 0 Å². The Kier molecular flexibility index (Phi) is 7.55. The van der Waals surface area contributed by atoms with Crippen LogP contribution in [0.25, 0.3) is 0 Å². The molecule has 0 saturated carbocycles. The van der Waals surface area contributed by atoms with Gasteiger partial charge in [-0.15, -0.1) is 0 Å². The van der Waals surface area contributed by atoms with Gasteiger partial charge in [-0.25, -0.2) is 9.68 Å². The Bertz CT molecular complexity index is 47.1. The molecule has 0 aliphatic rings. The van der Waals surface area contributed by atoms with Gasteiger partial charge >= 0.3 is 0 Å². The molecule has 0 unspecified atom stereocenters. The standard InChI is InChI=1S/C3H10N2O4/c1-6-4-8-3-9-5-7-2/h4-5H,3H2,1-2H3. The van der Waals surface area contributed by atoms with Crippen LogP contribution in [0.3, 0.4) is 0 Å². The van der Waals surface area contributed by atoms with Gasteiger partial charge in [0.15, 0.2) is 6.79 Å². The van der Waals surface area contributed by atoms with Crippen molar-refractivity contribution in [1.82, 2.24) is 11.3 Å². The summed E-state index contributed by atoms with van der Waals surface area (Å²) in [4.78, 5) is 17.5. The summed E-state index contributed by atoms with van der Waals surface area (Å²) in [5.41, 5.74) is 4.17. The monoisotopic (exact) mass is 138 g/mol. The summed E-state index contributed by atoms with van der Waals surface area (Å²) in [6.07, 6.45) is 0. The van der Waals surface area contributed by atoms with Crippen LogP contribution in [0.4, 0.5) is 0 Å². The van der Waals surface area contributed by atoms with E-state index in [0.29, 0.717) is 0 Å². The molecular formula is C3H10N2O4. The predicted molar refractivity (Wildman–Crippen MR) is 27.3 cm³/mol. The molecule has 6 heteroatoms. The topological polar surface area (TPSA) is 61.0 Å². The third kappa shape index (κ3) is 7.76. The molecule has 0 aromatic carbocycles. The van der Waals surface area contributed by atoms with Crippen LogP contribution in [0.1, 0.15) is 0 Å². The fourth-order valence-corrected chi connectivity index (χ4v) is 0.195. The lowest BCUT2D eigenvalue weighted by atomic mass is 11.5. The van der Waals surface area contributed by atoms with Gasteiger partial charge in [-0.2, -0.15) is 0 Å². The molecule has 6 nitrogen and oxygen atoms in total. The van der Waals surface area contributed by atoms with Crippen molar-refractivity contribution in [2.75, 3.05) is 21.0 Å². The molecule has 0 bridgehead atoms. The summed E-state index contributed by atoms with van der Waals surface area (Å²) in [5.74, 6) is 0. The molecule has 56 valence electrons. The third-order valence-electron chi connectivity index (χ3n) is 0.402. The lowest BCUT2D eigenvalue weighted by molar-refractivity contribution is -0.264. The van der Waals surface area contributed by atoms with Crippen molar-refractivity contribution in [2.24, 2.45) is 0 Å². The molecule has 0 saturated heterocycles. The number of rotatable bonds is 6. The maximum Gasteiger partial charge on any atom is 0.192 e. The zero-order valence-corrected chi connectivity index (χ0v) is 5.34. The number of hydrogen-bond acceptors (Lipinski definition) is 6. The predicted octanol–water partition coefficient (Wildman–Crippen LogP) is -0.891. The van der Waals surface area contributed by atoms with Crippen LogP contribution in [0.5, 0.6) is 0 Å². The highest BCUT2D eigenvalue weighted by molar-refractivity contribution is 3.84. The Balaban J connectivity index is 2.60. The van der Waals surface area contributed by atoms with Gasteiger partial charge in [0.2, 0.25) is 0 Å². The molecular weight excluding hydrogens is 128 g/mol. The number of nitrogens with one attached hydrogen (secondary N) is 2. The van der Waals surface area contributed by atoms with E-state index in [9.17, 15) is 0 Å². The molecule has 0 rings (SSSR count). The van der Waals surface area contributed by atoms with Crippen LogP contribution in [-0.2, 0) is 19.4 Å². The molecule has 0 aliphatic carbocycles. The third-order valence-corrected chi connectivity index (χ3v) is 0.402. The van der Waals surface area contributed by atoms with E-state index in [0.717, 1.165) is 0 Å². The molecule has 0 spiro atoms. The average molecular weight is 138 g/mol. The normalized spacial score (nSPS) is 10.0. The fraction of sp³-hybridized carbons (Fsp3) is 1.00. The summed E-state index contributed by atoms with van der Waals surface area (Å²) < 4.78 is 0. The summed E-state index contributed by atoms with van der Waals surface area (Å²) in [5, 5.41) is 0. The van der Waals surface area contributed by atoms with Crippen molar-refractivity contribution in [3.63, 3.8) is 0 Å². The Morgan fingerprint density at radius 3 is 1.78 bits per heavy atom. The summed E-state index contributed by atoms with van der Waals surface area (Å²) in [7, 11) is 2.84. The van der Waals surface area contributed by atoms with E-state index in [1.165, 1.54) is 14.2 Å². The molecule has 0 fully saturated rings. The van der Waals surface area contributed by atoms with E-state index in [2.05, 4.69) is 30.6 Å². The van der Waals surface area contributed by atoms with Gasteiger partial charge in [0.25, 0.3) is 0 Å². The van der Waals surface area contributed by atoms with Crippen molar-refractivity contribution in [3.8, 4) is 0 Å². The molecule has 0 aromatic rings. The molecule has 2 N–H and O–H groups in total. The molecule has 9 heavy (non-hydrogen) atoms. The van der Waals surface area contributed by atoms with Gasteiger partial charge in [0.05, 0.1) is 14.2 Å². The Morgan fingerprint density at radius 1 is 1.00 bits per heavy atom. The van der Waals surface area contributed by atoms with Crippen LogP contribution in [0.2, 0.25) is 0 Å². The smallest absolute Gasteiger partial charge is 0.192 e. The first-order valence-corrected chi connectivity index (χ1v) is 2.21. The minimum atomic E-state index is -0.0122. The number of hydrogen-bond donors (Lipinski definition) is 2. The van der Waals surface area contributed by atoms with Gasteiger partial charge in [-0.1, -0.05) is 11.3 Å². The van der Waals surface area contributed by atoms with Gasteiger partial charge < -0.3 is 0 Å². The van der Waals surface area contributed by atoms with Crippen LogP contribution in [0.15, 0.2) is 0 Å². The average Bonchev–Trinajstić information content (AvgIpc) is 1.89. The second kappa shape index (κ2) is 7.76.